The maximum Gasteiger partial charge on any atom is 0.573 e. The van der Waals surface area contributed by atoms with Crippen LogP contribution in [0.15, 0.2) is 18.2 Å². The Hall–Kier alpha value is -1.72. The number of carboxylic acid groups (broad SMARTS) is 1. The molecule has 0 aliphatic heterocycles. The lowest BCUT2D eigenvalue weighted by Gasteiger charge is -2.12. The van der Waals surface area contributed by atoms with Gasteiger partial charge in [-0.25, -0.2) is 0 Å². The van der Waals surface area contributed by atoms with E-state index in [2.05, 4.69) is 10.8 Å². The molecule has 93 valence electrons. The Balaban J connectivity index is 2.67. The van der Waals surface area contributed by atoms with E-state index in [1.165, 1.54) is 12.1 Å². The van der Waals surface area contributed by atoms with Gasteiger partial charge in [0.1, 0.15) is 5.75 Å². The summed E-state index contributed by atoms with van der Waals surface area (Å²) in [6.07, 6.45) is -4.39. The van der Waals surface area contributed by atoms with Crippen LogP contribution in [0, 0.1) is 6.07 Å². The topological polar surface area (TPSA) is 46.5 Å². The van der Waals surface area contributed by atoms with Gasteiger partial charge in [0.25, 0.3) is 0 Å². The molecule has 0 aliphatic carbocycles. The number of alkyl halides is 3. The minimum Gasteiger partial charge on any atom is -0.481 e. The minimum atomic E-state index is -4.75. The molecule has 0 fully saturated rings. The summed E-state index contributed by atoms with van der Waals surface area (Å²) in [4.78, 5) is 10.3. The molecule has 1 aromatic carbocycles. The number of carboxylic acids is 1. The predicted octanol–water partition coefficient (Wildman–Crippen LogP) is 2.79. The third kappa shape index (κ3) is 5.24. The van der Waals surface area contributed by atoms with Crippen molar-refractivity contribution in [3.63, 3.8) is 0 Å². The maximum absolute atomic E-state index is 12.0. The van der Waals surface area contributed by atoms with Gasteiger partial charge in [-0.1, -0.05) is 6.07 Å². The molecule has 0 aliphatic rings. The van der Waals surface area contributed by atoms with Gasteiger partial charge in [0.05, 0.1) is 0 Å². The lowest BCUT2D eigenvalue weighted by Crippen LogP contribution is -2.18. The Labute approximate surface area is 95.8 Å². The standard InChI is InChI=1S/C11H10F3O3/c12-11(13,14)17-9-6-2-1-4-8(9)5-3-7-10(15)16/h2,4,6H,3,5,7H2,(H,15,16). The van der Waals surface area contributed by atoms with Crippen molar-refractivity contribution in [1.82, 2.24) is 0 Å². The van der Waals surface area contributed by atoms with E-state index in [1.807, 2.05) is 0 Å². The zero-order valence-corrected chi connectivity index (χ0v) is 8.75. The van der Waals surface area contributed by atoms with Crippen molar-refractivity contribution in [1.29, 1.82) is 0 Å². The number of benzene rings is 1. The summed E-state index contributed by atoms with van der Waals surface area (Å²) in [5.74, 6) is -1.29. The minimum absolute atomic E-state index is 0.0969. The van der Waals surface area contributed by atoms with Crippen molar-refractivity contribution >= 4 is 5.97 Å². The molecular weight excluding hydrogens is 237 g/mol. The van der Waals surface area contributed by atoms with Crippen molar-refractivity contribution in [3.05, 3.63) is 29.8 Å². The zero-order chi connectivity index (χ0) is 12.9. The first kappa shape index (κ1) is 13.3. The largest absolute Gasteiger partial charge is 0.573 e. The fourth-order valence-electron chi connectivity index (χ4n) is 1.30. The number of carbonyl (C=O) groups is 1. The Kier molecular flexibility index (Phi) is 4.37. The number of hydrogen-bond acceptors (Lipinski definition) is 2. The van der Waals surface area contributed by atoms with Gasteiger partial charge in [0.2, 0.25) is 0 Å². The van der Waals surface area contributed by atoms with Crippen LogP contribution >= 0.6 is 0 Å². The molecule has 6 heteroatoms. The third-order valence-corrected chi connectivity index (χ3v) is 1.97. The first-order valence-electron chi connectivity index (χ1n) is 4.85. The summed E-state index contributed by atoms with van der Waals surface area (Å²) in [5, 5.41) is 8.43. The average Bonchev–Trinajstić information content (AvgIpc) is 2.17. The molecule has 0 bridgehead atoms. The summed E-state index contributed by atoms with van der Waals surface area (Å²) in [6, 6.07) is 6.46. The van der Waals surface area contributed by atoms with E-state index in [0.29, 0.717) is 5.56 Å². The quantitative estimate of drug-likeness (QED) is 0.870. The fraction of sp³-hybridized carbons (Fsp3) is 0.364. The molecule has 0 heterocycles. The highest BCUT2D eigenvalue weighted by atomic mass is 19.4. The smallest absolute Gasteiger partial charge is 0.481 e. The van der Waals surface area contributed by atoms with Crippen LogP contribution in [0.5, 0.6) is 5.75 Å². The van der Waals surface area contributed by atoms with Crippen LogP contribution in [0.4, 0.5) is 13.2 Å². The molecule has 1 N–H and O–H groups in total. The first-order valence-corrected chi connectivity index (χ1v) is 4.85. The molecule has 3 nitrogen and oxygen atoms in total. The van der Waals surface area contributed by atoms with Crippen LogP contribution in [-0.4, -0.2) is 17.4 Å². The Bertz CT molecular complexity index is 388. The summed E-state index contributed by atoms with van der Waals surface area (Å²) in [6.45, 7) is 0. The van der Waals surface area contributed by atoms with Crippen molar-refractivity contribution in [3.8, 4) is 5.75 Å². The van der Waals surface area contributed by atoms with Crippen molar-refractivity contribution in [2.45, 2.75) is 25.6 Å². The van der Waals surface area contributed by atoms with Gasteiger partial charge in [0, 0.05) is 6.42 Å². The van der Waals surface area contributed by atoms with E-state index in [0.717, 1.165) is 6.07 Å². The molecule has 0 saturated carbocycles. The van der Waals surface area contributed by atoms with Gasteiger partial charge in [0.15, 0.2) is 0 Å². The van der Waals surface area contributed by atoms with Crippen LogP contribution in [-0.2, 0) is 11.2 Å². The van der Waals surface area contributed by atoms with E-state index in [4.69, 9.17) is 5.11 Å². The van der Waals surface area contributed by atoms with E-state index >= 15 is 0 Å². The number of hydrogen-bond donors (Lipinski definition) is 1. The van der Waals surface area contributed by atoms with Gasteiger partial charge in [-0.2, -0.15) is 0 Å². The van der Waals surface area contributed by atoms with Crippen LogP contribution in [0.2, 0.25) is 0 Å². The molecule has 0 saturated heterocycles. The summed E-state index contributed by atoms with van der Waals surface area (Å²) in [5.41, 5.74) is 0.297. The lowest BCUT2D eigenvalue weighted by atomic mass is 10.1. The molecule has 0 unspecified atom stereocenters. The van der Waals surface area contributed by atoms with Crippen molar-refractivity contribution in [2.75, 3.05) is 0 Å². The SMILES string of the molecule is O=C(O)CCCc1c[c]ccc1OC(F)(F)F. The number of ether oxygens (including phenoxy) is 1. The van der Waals surface area contributed by atoms with E-state index in [1.54, 1.807) is 0 Å². The molecule has 0 atom stereocenters. The molecule has 0 spiro atoms. The van der Waals surface area contributed by atoms with Crippen molar-refractivity contribution < 1.29 is 27.8 Å². The third-order valence-electron chi connectivity index (χ3n) is 1.97. The highest BCUT2D eigenvalue weighted by molar-refractivity contribution is 5.66. The molecule has 0 amide bonds. The average molecular weight is 247 g/mol. The van der Waals surface area contributed by atoms with Crippen molar-refractivity contribution in [2.24, 2.45) is 0 Å². The Morgan fingerprint density at radius 2 is 2.18 bits per heavy atom. The van der Waals surface area contributed by atoms with E-state index < -0.39 is 12.3 Å². The molecule has 1 aromatic rings. The second kappa shape index (κ2) is 5.56. The molecule has 1 rings (SSSR count). The Morgan fingerprint density at radius 3 is 2.76 bits per heavy atom. The van der Waals surface area contributed by atoms with Crippen LogP contribution in [0.3, 0.4) is 0 Å². The maximum atomic E-state index is 12.0. The summed E-state index contributed by atoms with van der Waals surface area (Å²) in [7, 11) is 0. The lowest BCUT2D eigenvalue weighted by molar-refractivity contribution is -0.274. The second-order valence-electron chi connectivity index (χ2n) is 3.33. The summed E-state index contributed by atoms with van der Waals surface area (Å²) >= 11 is 0. The molecule has 0 aromatic heterocycles. The fourth-order valence-corrected chi connectivity index (χ4v) is 1.30. The Morgan fingerprint density at radius 1 is 1.47 bits per heavy atom. The zero-order valence-electron chi connectivity index (χ0n) is 8.75. The van der Waals surface area contributed by atoms with Gasteiger partial charge >= 0.3 is 12.3 Å². The highest BCUT2D eigenvalue weighted by Crippen LogP contribution is 2.26. The van der Waals surface area contributed by atoms with Gasteiger partial charge in [-0.3, -0.25) is 4.79 Å². The monoisotopic (exact) mass is 247 g/mol. The van der Waals surface area contributed by atoms with Crippen LogP contribution in [0.1, 0.15) is 18.4 Å². The predicted molar refractivity (Wildman–Crippen MR) is 52.5 cm³/mol. The molecule has 17 heavy (non-hydrogen) atoms. The van der Waals surface area contributed by atoms with Gasteiger partial charge < -0.3 is 9.84 Å². The second-order valence-corrected chi connectivity index (χ2v) is 3.33. The van der Waals surface area contributed by atoms with Gasteiger partial charge in [-0.15, -0.1) is 13.2 Å². The number of aryl methyl sites for hydroxylation is 1. The molecular formula is C11H10F3O3. The number of rotatable bonds is 5. The number of aliphatic carboxylic acids is 1. The van der Waals surface area contributed by atoms with E-state index in [9.17, 15) is 18.0 Å². The highest BCUT2D eigenvalue weighted by Gasteiger charge is 2.31. The molecule has 1 radical (unpaired) electrons. The first-order chi connectivity index (χ1) is 7.88. The normalized spacial score (nSPS) is 11.2. The number of halogens is 3. The van der Waals surface area contributed by atoms with Crippen LogP contribution in [0.25, 0.3) is 0 Å². The summed E-state index contributed by atoms with van der Waals surface area (Å²) < 4.78 is 40.0. The van der Waals surface area contributed by atoms with Crippen LogP contribution < -0.4 is 4.74 Å². The van der Waals surface area contributed by atoms with E-state index in [-0.39, 0.29) is 25.0 Å². The van der Waals surface area contributed by atoms with Gasteiger partial charge in [-0.05, 0) is 36.6 Å².